The topological polar surface area (TPSA) is 67.8 Å². The number of ether oxygens (including phenoxy) is 2. The van der Waals surface area contributed by atoms with Crippen LogP contribution in [0.15, 0.2) is 28.6 Å². The number of aryl methyl sites for hydroxylation is 1. The highest BCUT2D eigenvalue weighted by Gasteiger charge is 2.22. The Morgan fingerprint density at radius 3 is 2.52 bits per heavy atom. The lowest BCUT2D eigenvalue weighted by atomic mass is 9.84. The number of thiazole rings is 1. The second kappa shape index (κ2) is 9.60. The Morgan fingerprint density at radius 2 is 1.93 bits per heavy atom. The molecule has 2 rings (SSSR count). The molecule has 6 nitrogen and oxygen atoms in total. The summed E-state index contributed by atoms with van der Waals surface area (Å²) in [5.74, 6) is 2.26. The van der Waals surface area contributed by atoms with Crippen molar-refractivity contribution in [3.05, 3.63) is 39.8 Å². The van der Waals surface area contributed by atoms with E-state index in [1.165, 1.54) is 5.56 Å². The van der Waals surface area contributed by atoms with Crippen molar-refractivity contribution < 1.29 is 9.47 Å². The van der Waals surface area contributed by atoms with Crippen LogP contribution < -0.4 is 20.1 Å². The molecular formula is C20H30N4O2S. The predicted octanol–water partition coefficient (Wildman–Crippen LogP) is 3.15. The van der Waals surface area contributed by atoms with E-state index in [2.05, 4.69) is 45.9 Å². The molecule has 0 aliphatic carbocycles. The molecule has 148 valence electrons. The van der Waals surface area contributed by atoms with Gasteiger partial charge in [-0.15, -0.1) is 11.3 Å². The number of benzene rings is 1. The number of rotatable bonds is 8. The van der Waals surface area contributed by atoms with Crippen LogP contribution in [0.25, 0.3) is 0 Å². The van der Waals surface area contributed by atoms with E-state index in [4.69, 9.17) is 9.47 Å². The number of guanidine groups is 1. The highest BCUT2D eigenvalue weighted by molar-refractivity contribution is 7.09. The summed E-state index contributed by atoms with van der Waals surface area (Å²) in [7, 11) is 5.08. The van der Waals surface area contributed by atoms with Crippen LogP contribution in [0.2, 0.25) is 0 Å². The summed E-state index contributed by atoms with van der Waals surface area (Å²) in [6.07, 6.45) is 0.879. The third-order valence-corrected chi connectivity index (χ3v) is 5.25. The molecule has 0 atom stereocenters. The van der Waals surface area contributed by atoms with E-state index >= 15 is 0 Å². The van der Waals surface area contributed by atoms with Crippen molar-refractivity contribution >= 4 is 17.3 Å². The van der Waals surface area contributed by atoms with Gasteiger partial charge in [0.05, 0.1) is 24.9 Å². The third kappa shape index (κ3) is 5.85. The molecule has 0 radical (unpaired) electrons. The molecule has 0 saturated heterocycles. The predicted molar refractivity (Wildman–Crippen MR) is 112 cm³/mol. The van der Waals surface area contributed by atoms with Gasteiger partial charge in [-0.3, -0.25) is 4.99 Å². The summed E-state index contributed by atoms with van der Waals surface area (Å²) < 4.78 is 10.8. The highest BCUT2D eigenvalue weighted by atomic mass is 32.1. The lowest BCUT2D eigenvalue weighted by Gasteiger charge is -2.27. The molecule has 2 aromatic rings. The fraction of sp³-hybridized carbons (Fsp3) is 0.500. The van der Waals surface area contributed by atoms with Gasteiger partial charge in [0, 0.05) is 37.4 Å². The Labute approximate surface area is 166 Å². The van der Waals surface area contributed by atoms with Crippen molar-refractivity contribution in [1.29, 1.82) is 0 Å². The Morgan fingerprint density at radius 1 is 1.19 bits per heavy atom. The first-order valence-electron chi connectivity index (χ1n) is 8.97. The Hall–Kier alpha value is -2.28. The average Bonchev–Trinajstić information content (AvgIpc) is 3.08. The Bertz CT molecular complexity index is 771. The zero-order valence-corrected chi connectivity index (χ0v) is 17.9. The molecule has 27 heavy (non-hydrogen) atoms. The van der Waals surface area contributed by atoms with E-state index in [9.17, 15) is 0 Å². The maximum Gasteiger partial charge on any atom is 0.191 e. The molecule has 0 fully saturated rings. The van der Waals surface area contributed by atoms with E-state index in [0.29, 0.717) is 0 Å². The van der Waals surface area contributed by atoms with Crippen molar-refractivity contribution in [3.63, 3.8) is 0 Å². The van der Waals surface area contributed by atoms with Crippen molar-refractivity contribution in [1.82, 2.24) is 15.6 Å². The fourth-order valence-electron chi connectivity index (χ4n) is 2.72. The van der Waals surface area contributed by atoms with Crippen LogP contribution in [0.3, 0.4) is 0 Å². The minimum atomic E-state index is -0.108. The van der Waals surface area contributed by atoms with Crippen LogP contribution in [0, 0.1) is 6.92 Å². The third-order valence-electron chi connectivity index (χ3n) is 4.43. The first-order chi connectivity index (χ1) is 12.9. The van der Waals surface area contributed by atoms with Crippen LogP contribution in [0.4, 0.5) is 0 Å². The lowest BCUT2D eigenvalue weighted by Crippen LogP contribution is -2.44. The van der Waals surface area contributed by atoms with Gasteiger partial charge < -0.3 is 20.1 Å². The molecular weight excluding hydrogens is 360 g/mol. The number of nitrogens with zero attached hydrogens (tertiary/aromatic N) is 2. The Kier molecular flexibility index (Phi) is 7.47. The molecule has 1 aromatic carbocycles. The van der Waals surface area contributed by atoms with Crippen LogP contribution in [-0.2, 0) is 11.8 Å². The molecule has 0 aliphatic heterocycles. The number of aromatic nitrogens is 1. The monoisotopic (exact) mass is 390 g/mol. The summed E-state index contributed by atoms with van der Waals surface area (Å²) in [6, 6.07) is 6.05. The quantitative estimate of drug-likeness (QED) is 0.535. The Balaban J connectivity index is 1.92. The summed E-state index contributed by atoms with van der Waals surface area (Å²) in [5.41, 5.74) is 2.18. The first kappa shape index (κ1) is 21.0. The zero-order chi connectivity index (χ0) is 19.9. The number of hydrogen-bond acceptors (Lipinski definition) is 5. The second-order valence-electron chi connectivity index (χ2n) is 6.91. The van der Waals surface area contributed by atoms with Crippen LogP contribution in [-0.4, -0.2) is 45.3 Å². The molecule has 0 amide bonds. The number of aliphatic imine (C=N–C) groups is 1. The second-order valence-corrected chi connectivity index (χ2v) is 7.98. The van der Waals surface area contributed by atoms with Gasteiger partial charge >= 0.3 is 0 Å². The molecule has 0 saturated carbocycles. The maximum absolute atomic E-state index is 5.43. The van der Waals surface area contributed by atoms with Crippen molar-refractivity contribution in [3.8, 4) is 11.5 Å². The van der Waals surface area contributed by atoms with E-state index in [0.717, 1.165) is 47.7 Å². The molecule has 0 bridgehead atoms. The van der Waals surface area contributed by atoms with Gasteiger partial charge in [-0.05, 0) is 24.6 Å². The minimum Gasteiger partial charge on any atom is -0.493 e. The van der Waals surface area contributed by atoms with Gasteiger partial charge in [0.2, 0.25) is 0 Å². The van der Waals surface area contributed by atoms with Crippen LogP contribution >= 0.6 is 11.3 Å². The van der Waals surface area contributed by atoms with E-state index < -0.39 is 0 Å². The van der Waals surface area contributed by atoms with Gasteiger partial charge in [-0.1, -0.05) is 19.9 Å². The SMILES string of the molecule is CN=C(NCCc1csc(C)n1)NCC(C)(C)c1ccc(OC)c(OC)c1. The lowest BCUT2D eigenvalue weighted by molar-refractivity contribution is 0.353. The smallest absolute Gasteiger partial charge is 0.191 e. The zero-order valence-electron chi connectivity index (χ0n) is 17.0. The fourth-order valence-corrected chi connectivity index (χ4v) is 3.36. The molecule has 0 unspecified atom stereocenters. The number of hydrogen-bond donors (Lipinski definition) is 2. The normalized spacial score (nSPS) is 12.0. The molecule has 7 heteroatoms. The van der Waals surface area contributed by atoms with Crippen molar-refractivity contribution in [2.45, 2.75) is 32.6 Å². The van der Waals surface area contributed by atoms with Crippen LogP contribution in [0.1, 0.15) is 30.1 Å². The molecule has 0 spiro atoms. The van der Waals surface area contributed by atoms with Crippen molar-refractivity contribution in [2.75, 3.05) is 34.4 Å². The molecule has 2 N–H and O–H groups in total. The summed E-state index contributed by atoms with van der Waals surface area (Å²) in [4.78, 5) is 8.80. The minimum absolute atomic E-state index is 0.108. The standard InChI is InChI=1S/C20H30N4O2S/c1-14-24-16(12-27-14)9-10-22-19(21-4)23-13-20(2,3)15-7-8-17(25-5)18(11-15)26-6/h7-8,11-12H,9-10,13H2,1-6H3,(H2,21,22,23). The summed E-state index contributed by atoms with van der Waals surface area (Å²) >= 11 is 1.68. The number of nitrogens with one attached hydrogen (secondary N) is 2. The van der Waals surface area contributed by atoms with Gasteiger partial charge in [-0.25, -0.2) is 4.98 Å². The number of methoxy groups -OCH3 is 2. The summed E-state index contributed by atoms with van der Waals surface area (Å²) in [5, 5.41) is 9.97. The van der Waals surface area contributed by atoms with E-state index in [1.54, 1.807) is 32.6 Å². The van der Waals surface area contributed by atoms with Crippen LogP contribution in [0.5, 0.6) is 11.5 Å². The molecule has 0 aliphatic rings. The van der Waals surface area contributed by atoms with E-state index in [-0.39, 0.29) is 5.41 Å². The average molecular weight is 391 g/mol. The first-order valence-corrected chi connectivity index (χ1v) is 9.85. The molecule has 1 heterocycles. The van der Waals surface area contributed by atoms with E-state index in [1.807, 2.05) is 19.1 Å². The summed E-state index contributed by atoms with van der Waals surface area (Å²) in [6.45, 7) is 7.93. The highest BCUT2D eigenvalue weighted by Crippen LogP contribution is 2.32. The van der Waals surface area contributed by atoms with Gasteiger partial charge in [0.25, 0.3) is 0 Å². The van der Waals surface area contributed by atoms with Gasteiger partial charge in [-0.2, -0.15) is 0 Å². The maximum atomic E-state index is 5.43. The largest absolute Gasteiger partial charge is 0.493 e. The van der Waals surface area contributed by atoms with Crippen molar-refractivity contribution in [2.24, 2.45) is 4.99 Å². The van der Waals surface area contributed by atoms with Gasteiger partial charge in [0.15, 0.2) is 17.5 Å². The van der Waals surface area contributed by atoms with Gasteiger partial charge in [0.1, 0.15) is 0 Å². The molecule has 1 aromatic heterocycles.